The van der Waals surface area contributed by atoms with E-state index in [4.69, 9.17) is 0 Å². The molecule has 0 heterocycles. The lowest BCUT2D eigenvalue weighted by atomic mass is 9.82. The molecule has 19 aromatic carbocycles. The molecule has 0 saturated heterocycles. The van der Waals surface area contributed by atoms with Crippen molar-refractivity contribution >= 4 is 59.4 Å². The lowest BCUT2D eigenvalue weighted by molar-refractivity contribution is 0.867. The molecule has 514 valence electrons. The van der Waals surface area contributed by atoms with E-state index >= 15 is 0 Å². The molecule has 0 radical (unpaired) electrons. The first-order valence-electron chi connectivity index (χ1n) is 38.3. The smallest absolute Gasteiger partial charge is 0.00617 e. The minimum atomic E-state index is 0.270. The molecule has 19 aromatic rings. The molecule has 1 aliphatic rings. The van der Waals surface area contributed by atoms with Crippen molar-refractivity contribution < 1.29 is 0 Å². The molecule has 0 aliphatic heterocycles. The van der Waals surface area contributed by atoms with Crippen molar-refractivity contribution in [1.29, 1.82) is 0 Å². The Hall–Kier alpha value is -14.0. The van der Waals surface area contributed by atoms with E-state index in [0.717, 1.165) is 73.2 Å². The summed E-state index contributed by atoms with van der Waals surface area (Å²) in [6, 6.07) is 154. The summed E-state index contributed by atoms with van der Waals surface area (Å²) in [7, 11) is 0. The fraction of sp³-hybridized carbons (Fsp3) is 0.0182. The Morgan fingerprint density at radius 3 is 0.927 bits per heavy atom. The van der Waals surface area contributed by atoms with E-state index in [1.165, 1.54) is 137 Å². The first-order chi connectivity index (χ1) is 54.5. The SMILES string of the molecule is C1=CC(c2ccccc2)CC(c2cc(-c3cccc(-c4ccccc4)c3)cc(-c3cccc(-c4cc(-c5cccc(-c6cc(-c7cccc(-c8ccccc8)c7)cc(-c7cccc(-c8ccccc8)c7)c6)c5)cc(-c5c6ccccc6c(-c6ccc7ccc8ccccc8c7c6)c6ccc7ccccc7c56)c4)c3)c2)=C1. The molecular weight excluding hydrogens is 1320 g/mol. The predicted molar refractivity (Wildman–Crippen MR) is 470 cm³/mol. The Morgan fingerprint density at radius 2 is 0.482 bits per heavy atom. The molecule has 0 heteroatoms. The van der Waals surface area contributed by atoms with Crippen LogP contribution in [-0.2, 0) is 0 Å². The highest BCUT2D eigenvalue weighted by Gasteiger charge is 2.23. The van der Waals surface area contributed by atoms with Gasteiger partial charge in [-0.1, -0.05) is 340 Å². The summed E-state index contributed by atoms with van der Waals surface area (Å²) in [6.07, 6.45) is 7.86. The van der Waals surface area contributed by atoms with Crippen LogP contribution in [0.5, 0.6) is 0 Å². The molecule has 20 rings (SSSR count). The zero-order valence-corrected chi connectivity index (χ0v) is 60.8. The number of hydrogen-bond acceptors (Lipinski definition) is 0. The second-order valence-electron chi connectivity index (χ2n) is 29.4. The van der Waals surface area contributed by atoms with E-state index in [1.54, 1.807) is 0 Å². The number of hydrogen-bond donors (Lipinski definition) is 0. The van der Waals surface area contributed by atoms with Crippen molar-refractivity contribution in [3.8, 4) is 134 Å². The van der Waals surface area contributed by atoms with Crippen LogP contribution in [0.1, 0.15) is 23.5 Å². The van der Waals surface area contributed by atoms with Crippen LogP contribution in [0, 0.1) is 0 Å². The average Bonchev–Trinajstić information content (AvgIpc) is 0.713. The van der Waals surface area contributed by atoms with Gasteiger partial charge in [-0.3, -0.25) is 0 Å². The third-order valence-electron chi connectivity index (χ3n) is 22.7. The van der Waals surface area contributed by atoms with Gasteiger partial charge in [0.2, 0.25) is 0 Å². The van der Waals surface area contributed by atoms with Crippen molar-refractivity contribution in [2.45, 2.75) is 12.3 Å². The van der Waals surface area contributed by atoms with Gasteiger partial charge in [-0.05, 0) is 302 Å². The van der Waals surface area contributed by atoms with Gasteiger partial charge < -0.3 is 0 Å². The summed E-state index contributed by atoms with van der Waals surface area (Å²) >= 11 is 0. The summed E-state index contributed by atoms with van der Waals surface area (Å²) in [5.74, 6) is 0.270. The van der Waals surface area contributed by atoms with Gasteiger partial charge in [0.25, 0.3) is 0 Å². The average molecular weight is 1400 g/mol. The molecule has 110 heavy (non-hydrogen) atoms. The van der Waals surface area contributed by atoms with Crippen molar-refractivity contribution in [2.24, 2.45) is 0 Å². The van der Waals surface area contributed by atoms with Crippen LogP contribution in [0.15, 0.2) is 431 Å². The molecule has 0 N–H and O–H groups in total. The van der Waals surface area contributed by atoms with E-state index < -0.39 is 0 Å². The van der Waals surface area contributed by atoms with Crippen LogP contribution in [0.3, 0.4) is 0 Å². The minimum absolute atomic E-state index is 0.270. The van der Waals surface area contributed by atoms with Gasteiger partial charge in [-0.25, -0.2) is 0 Å². The predicted octanol–water partition coefficient (Wildman–Crippen LogP) is 30.6. The third-order valence-corrected chi connectivity index (χ3v) is 22.7. The summed E-state index contributed by atoms with van der Waals surface area (Å²) in [5.41, 5.74) is 32.0. The van der Waals surface area contributed by atoms with E-state index in [-0.39, 0.29) is 5.92 Å². The largest absolute Gasteiger partial charge is 0.0767 e. The molecular formula is C110H74. The standard InChI is InChI=1S/C110H74/c1-5-25-73(26-6-1)80-35-19-39-84(57-80)93-63-94(85-40-20-36-81(58-85)74-27-7-2-8-28-74)66-97(65-93)88-43-23-45-90(61-88)99-69-100(91-46-24-44-89(62-91)98-67-95(86-41-21-37-82(59-86)75-29-9-3-10-30-75)64-96(68-98)87-42-22-38-83(60-87)76-31-11-4-12-32-76)71-101(70-99)109-105-50-18-17-49-104(105)108(106-56-55-78-34-14-16-48-103(78)110(106)109)92-54-53-79-52-51-77-33-13-15-47-102(77)107(79)72-92/h1-59,61-72,83H,60H2. The van der Waals surface area contributed by atoms with Gasteiger partial charge in [-0.15, -0.1) is 0 Å². The molecule has 1 atom stereocenters. The maximum Gasteiger partial charge on any atom is 0.00617 e. The zero-order chi connectivity index (χ0) is 72.9. The first kappa shape index (κ1) is 65.5. The van der Waals surface area contributed by atoms with Crippen LogP contribution in [0.4, 0.5) is 0 Å². The molecule has 0 amide bonds. The molecule has 1 aliphatic carbocycles. The van der Waals surface area contributed by atoms with E-state index in [2.05, 4.69) is 431 Å². The normalized spacial score (nSPS) is 12.8. The summed E-state index contributed by atoms with van der Waals surface area (Å²) in [4.78, 5) is 0. The zero-order valence-electron chi connectivity index (χ0n) is 60.8. The van der Waals surface area contributed by atoms with Crippen molar-refractivity contribution in [2.75, 3.05) is 0 Å². The fourth-order valence-corrected chi connectivity index (χ4v) is 17.2. The van der Waals surface area contributed by atoms with Gasteiger partial charge in [-0.2, -0.15) is 0 Å². The number of fused-ring (bicyclic) bond motifs is 7. The Bertz CT molecular complexity index is 6730. The van der Waals surface area contributed by atoms with Crippen molar-refractivity contribution in [3.63, 3.8) is 0 Å². The van der Waals surface area contributed by atoms with E-state index in [0.29, 0.717) is 0 Å². The maximum absolute atomic E-state index is 2.49. The highest BCUT2D eigenvalue weighted by Crippen LogP contribution is 2.50. The Labute approximate surface area is 642 Å². The number of rotatable bonds is 14. The molecule has 0 spiro atoms. The lowest BCUT2D eigenvalue weighted by Crippen LogP contribution is -2.01. The quantitative estimate of drug-likeness (QED) is 0.0752. The van der Waals surface area contributed by atoms with E-state index in [9.17, 15) is 0 Å². The Morgan fingerprint density at radius 1 is 0.173 bits per heavy atom. The fourth-order valence-electron chi connectivity index (χ4n) is 17.2. The lowest BCUT2D eigenvalue weighted by Gasteiger charge is -2.21. The summed E-state index contributed by atoms with van der Waals surface area (Å²) < 4.78 is 0. The number of benzene rings is 19. The summed E-state index contributed by atoms with van der Waals surface area (Å²) in [6.45, 7) is 0. The van der Waals surface area contributed by atoms with Gasteiger partial charge >= 0.3 is 0 Å². The van der Waals surface area contributed by atoms with E-state index in [1.807, 2.05) is 0 Å². The topological polar surface area (TPSA) is 0 Å². The van der Waals surface area contributed by atoms with Crippen LogP contribution in [0.25, 0.3) is 193 Å². The van der Waals surface area contributed by atoms with Crippen molar-refractivity contribution in [1.82, 2.24) is 0 Å². The van der Waals surface area contributed by atoms with Gasteiger partial charge in [0.15, 0.2) is 0 Å². The highest BCUT2D eigenvalue weighted by atomic mass is 14.3. The molecule has 1 unspecified atom stereocenters. The Kier molecular flexibility index (Phi) is 16.9. The molecule has 0 fully saturated rings. The van der Waals surface area contributed by atoms with Gasteiger partial charge in [0, 0.05) is 5.92 Å². The van der Waals surface area contributed by atoms with Gasteiger partial charge in [0.05, 0.1) is 0 Å². The monoisotopic (exact) mass is 1390 g/mol. The minimum Gasteiger partial charge on any atom is -0.0767 e. The second kappa shape index (κ2) is 28.4. The molecule has 0 saturated carbocycles. The van der Waals surface area contributed by atoms with Crippen LogP contribution < -0.4 is 0 Å². The highest BCUT2D eigenvalue weighted by molar-refractivity contribution is 6.28. The number of allylic oxidation sites excluding steroid dienone is 4. The van der Waals surface area contributed by atoms with Crippen LogP contribution >= 0.6 is 0 Å². The second-order valence-corrected chi connectivity index (χ2v) is 29.4. The Balaban J connectivity index is 0.796. The third kappa shape index (κ3) is 12.6. The van der Waals surface area contributed by atoms with Crippen LogP contribution in [0.2, 0.25) is 0 Å². The van der Waals surface area contributed by atoms with Gasteiger partial charge in [0.1, 0.15) is 0 Å². The first-order valence-corrected chi connectivity index (χ1v) is 38.3. The summed E-state index contributed by atoms with van der Waals surface area (Å²) in [5, 5.41) is 12.3. The van der Waals surface area contributed by atoms with Crippen LogP contribution in [-0.4, -0.2) is 0 Å². The van der Waals surface area contributed by atoms with Crippen molar-refractivity contribution in [3.05, 3.63) is 442 Å². The molecule has 0 bridgehead atoms. The molecule has 0 aromatic heterocycles. The molecule has 0 nitrogen and oxygen atoms in total. The maximum atomic E-state index is 2.49.